The molecule has 0 saturated carbocycles. The van der Waals surface area contributed by atoms with Gasteiger partial charge in [0.05, 0.1) is 11.4 Å². The Morgan fingerprint density at radius 2 is 1.60 bits per heavy atom. The van der Waals surface area contributed by atoms with E-state index in [1.165, 1.54) is 0 Å². The molecule has 3 heteroatoms. The molecule has 0 aliphatic carbocycles. The number of benzene rings is 2. The van der Waals surface area contributed by atoms with Gasteiger partial charge in [0, 0.05) is 18.7 Å². The lowest BCUT2D eigenvalue weighted by atomic mass is 10.1. The predicted octanol–water partition coefficient (Wildman–Crippen LogP) is 4.05. The monoisotopic (exact) mass is 268 g/mol. The van der Waals surface area contributed by atoms with Crippen molar-refractivity contribution in [1.29, 1.82) is 0 Å². The van der Waals surface area contributed by atoms with Gasteiger partial charge in [-0.3, -0.25) is 4.79 Å². The minimum absolute atomic E-state index is 0.0268. The summed E-state index contributed by atoms with van der Waals surface area (Å²) < 4.78 is 0. The van der Waals surface area contributed by atoms with E-state index in [0.29, 0.717) is 0 Å². The molecule has 3 nitrogen and oxygen atoms in total. The highest BCUT2D eigenvalue weighted by Crippen LogP contribution is 2.30. The zero-order valence-electron chi connectivity index (χ0n) is 12.1. The fourth-order valence-electron chi connectivity index (χ4n) is 1.94. The lowest BCUT2D eigenvalue weighted by Crippen LogP contribution is -2.20. The Morgan fingerprint density at radius 1 is 1.00 bits per heavy atom. The van der Waals surface area contributed by atoms with Crippen LogP contribution in [0.4, 0.5) is 17.1 Å². The quantitative estimate of drug-likeness (QED) is 0.907. The molecule has 0 atom stereocenters. The SMILES string of the molecule is CC(C)C(=O)Nc1ccccc1N(C)c1ccccc1. The van der Waals surface area contributed by atoms with Gasteiger partial charge in [-0.25, -0.2) is 0 Å². The number of carbonyl (C=O) groups excluding carboxylic acids is 1. The molecule has 0 aliphatic rings. The molecule has 2 aromatic carbocycles. The molecule has 104 valence electrons. The summed E-state index contributed by atoms with van der Waals surface area (Å²) in [7, 11) is 2.00. The molecule has 0 radical (unpaired) electrons. The third-order valence-electron chi connectivity index (χ3n) is 3.19. The van der Waals surface area contributed by atoms with Crippen LogP contribution in [0, 0.1) is 5.92 Å². The van der Waals surface area contributed by atoms with E-state index in [1.807, 2.05) is 75.5 Å². The maximum Gasteiger partial charge on any atom is 0.226 e. The molecule has 1 N–H and O–H groups in total. The normalized spacial score (nSPS) is 10.4. The smallest absolute Gasteiger partial charge is 0.226 e. The van der Waals surface area contributed by atoms with Gasteiger partial charge in [0.25, 0.3) is 0 Å². The van der Waals surface area contributed by atoms with E-state index in [1.54, 1.807) is 0 Å². The van der Waals surface area contributed by atoms with Crippen LogP contribution in [0.2, 0.25) is 0 Å². The zero-order valence-corrected chi connectivity index (χ0v) is 12.1. The molecular weight excluding hydrogens is 248 g/mol. The van der Waals surface area contributed by atoms with Crippen LogP contribution in [0.5, 0.6) is 0 Å². The van der Waals surface area contributed by atoms with E-state index in [-0.39, 0.29) is 11.8 Å². The summed E-state index contributed by atoms with van der Waals surface area (Å²) in [5.74, 6) is -0.0102. The number of para-hydroxylation sites is 3. The van der Waals surface area contributed by atoms with Crippen LogP contribution in [-0.4, -0.2) is 13.0 Å². The second-order valence-electron chi connectivity index (χ2n) is 5.06. The Balaban J connectivity index is 2.30. The Kier molecular flexibility index (Phi) is 4.41. The highest BCUT2D eigenvalue weighted by atomic mass is 16.1. The third kappa shape index (κ3) is 3.18. The van der Waals surface area contributed by atoms with Gasteiger partial charge in [0.1, 0.15) is 0 Å². The molecule has 0 heterocycles. The predicted molar refractivity (Wildman–Crippen MR) is 84.4 cm³/mol. The van der Waals surface area contributed by atoms with Crippen LogP contribution in [0.25, 0.3) is 0 Å². The minimum atomic E-state index is -0.0370. The second-order valence-corrected chi connectivity index (χ2v) is 5.06. The average molecular weight is 268 g/mol. The molecule has 0 bridgehead atoms. The number of anilines is 3. The maximum atomic E-state index is 11.9. The van der Waals surface area contributed by atoms with Crippen molar-refractivity contribution in [1.82, 2.24) is 0 Å². The van der Waals surface area contributed by atoms with E-state index in [9.17, 15) is 4.79 Å². The van der Waals surface area contributed by atoms with Crippen LogP contribution < -0.4 is 10.2 Å². The highest BCUT2D eigenvalue weighted by molar-refractivity contribution is 5.96. The number of carbonyl (C=O) groups is 1. The van der Waals surface area contributed by atoms with Crippen molar-refractivity contribution in [3.05, 3.63) is 54.6 Å². The second kappa shape index (κ2) is 6.24. The highest BCUT2D eigenvalue weighted by Gasteiger charge is 2.12. The summed E-state index contributed by atoms with van der Waals surface area (Å²) in [6.07, 6.45) is 0. The standard InChI is InChI=1S/C17H20N2O/c1-13(2)17(20)18-15-11-7-8-12-16(15)19(3)14-9-5-4-6-10-14/h4-13H,1-3H3,(H,18,20). The average Bonchev–Trinajstić information content (AvgIpc) is 2.48. The van der Waals surface area contributed by atoms with E-state index < -0.39 is 0 Å². The first-order valence-electron chi connectivity index (χ1n) is 6.78. The van der Waals surface area contributed by atoms with Crippen molar-refractivity contribution in [2.24, 2.45) is 5.92 Å². The Bertz CT molecular complexity index is 579. The van der Waals surface area contributed by atoms with Crippen LogP contribution in [0.3, 0.4) is 0 Å². The fraction of sp³-hybridized carbons (Fsp3) is 0.235. The molecule has 0 fully saturated rings. The van der Waals surface area contributed by atoms with Crippen LogP contribution in [0.15, 0.2) is 54.6 Å². The molecule has 0 spiro atoms. The molecule has 2 rings (SSSR count). The molecule has 20 heavy (non-hydrogen) atoms. The summed E-state index contributed by atoms with van der Waals surface area (Å²) in [5, 5.41) is 2.98. The molecular formula is C17H20N2O. The van der Waals surface area contributed by atoms with Gasteiger partial charge >= 0.3 is 0 Å². The van der Waals surface area contributed by atoms with Gasteiger partial charge in [0.2, 0.25) is 5.91 Å². The van der Waals surface area contributed by atoms with Crippen molar-refractivity contribution >= 4 is 23.0 Å². The summed E-state index contributed by atoms with van der Waals surface area (Å²) >= 11 is 0. The van der Waals surface area contributed by atoms with Crippen molar-refractivity contribution in [3.63, 3.8) is 0 Å². The Morgan fingerprint density at radius 3 is 2.25 bits per heavy atom. The van der Waals surface area contributed by atoms with Gasteiger partial charge < -0.3 is 10.2 Å². The summed E-state index contributed by atoms with van der Waals surface area (Å²) in [6.45, 7) is 3.78. The number of nitrogens with one attached hydrogen (secondary N) is 1. The van der Waals surface area contributed by atoms with Gasteiger partial charge in [-0.2, -0.15) is 0 Å². The number of amides is 1. The van der Waals surface area contributed by atoms with Gasteiger partial charge in [-0.05, 0) is 24.3 Å². The fourth-order valence-corrected chi connectivity index (χ4v) is 1.94. The van der Waals surface area contributed by atoms with Crippen molar-refractivity contribution in [2.45, 2.75) is 13.8 Å². The van der Waals surface area contributed by atoms with E-state index in [4.69, 9.17) is 0 Å². The van der Waals surface area contributed by atoms with E-state index in [2.05, 4.69) is 10.2 Å². The molecule has 0 unspecified atom stereocenters. The number of rotatable bonds is 4. The molecule has 0 aromatic heterocycles. The Hall–Kier alpha value is -2.29. The third-order valence-corrected chi connectivity index (χ3v) is 3.19. The van der Waals surface area contributed by atoms with Crippen molar-refractivity contribution < 1.29 is 4.79 Å². The topological polar surface area (TPSA) is 32.3 Å². The molecule has 2 aromatic rings. The van der Waals surface area contributed by atoms with Gasteiger partial charge in [0.15, 0.2) is 0 Å². The first-order valence-corrected chi connectivity index (χ1v) is 6.78. The lowest BCUT2D eigenvalue weighted by molar-refractivity contribution is -0.118. The van der Waals surface area contributed by atoms with E-state index in [0.717, 1.165) is 17.1 Å². The molecule has 0 aliphatic heterocycles. The van der Waals surface area contributed by atoms with Crippen molar-refractivity contribution in [2.75, 3.05) is 17.3 Å². The summed E-state index contributed by atoms with van der Waals surface area (Å²) in [4.78, 5) is 14.0. The lowest BCUT2D eigenvalue weighted by Gasteiger charge is -2.23. The molecule has 0 saturated heterocycles. The van der Waals surface area contributed by atoms with Gasteiger partial charge in [-0.1, -0.05) is 44.2 Å². The van der Waals surface area contributed by atoms with Gasteiger partial charge in [-0.15, -0.1) is 0 Å². The van der Waals surface area contributed by atoms with Crippen molar-refractivity contribution in [3.8, 4) is 0 Å². The maximum absolute atomic E-state index is 11.9. The first-order chi connectivity index (χ1) is 9.59. The van der Waals surface area contributed by atoms with Crippen LogP contribution in [-0.2, 0) is 4.79 Å². The number of nitrogens with zero attached hydrogens (tertiary/aromatic N) is 1. The van der Waals surface area contributed by atoms with Crippen LogP contribution >= 0.6 is 0 Å². The number of hydrogen-bond acceptors (Lipinski definition) is 2. The number of hydrogen-bond donors (Lipinski definition) is 1. The summed E-state index contributed by atoms with van der Waals surface area (Å²) in [6, 6.07) is 17.9. The Labute approximate surface area is 120 Å². The first kappa shape index (κ1) is 14.1. The minimum Gasteiger partial charge on any atom is -0.343 e. The molecule has 1 amide bonds. The van der Waals surface area contributed by atoms with Crippen LogP contribution in [0.1, 0.15) is 13.8 Å². The van der Waals surface area contributed by atoms with E-state index >= 15 is 0 Å². The summed E-state index contributed by atoms with van der Waals surface area (Å²) in [5.41, 5.74) is 2.89. The zero-order chi connectivity index (χ0) is 14.5. The largest absolute Gasteiger partial charge is 0.343 e.